The molecule has 0 N–H and O–H groups in total. The minimum Gasteiger partial charge on any atom is -0.343 e. The summed E-state index contributed by atoms with van der Waals surface area (Å²) in [6, 6.07) is 14.7. The third kappa shape index (κ3) is 2.62. The Labute approximate surface area is 114 Å². The molecule has 3 rings (SSSR count). The summed E-state index contributed by atoms with van der Waals surface area (Å²) < 4.78 is 0. The molecule has 2 aromatic rings. The van der Waals surface area contributed by atoms with Crippen molar-refractivity contribution in [3.05, 3.63) is 48.0 Å². The van der Waals surface area contributed by atoms with Gasteiger partial charge in [-0.25, -0.2) is 0 Å². The topological polar surface area (TPSA) is 20.3 Å². The second-order valence-electron chi connectivity index (χ2n) is 5.23. The Morgan fingerprint density at radius 1 is 1.00 bits per heavy atom. The lowest BCUT2D eigenvalue weighted by Gasteiger charge is -2.15. The number of benzene rings is 2. The minimum atomic E-state index is 0.311. The molecule has 1 heterocycles. The fourth-order valence-corrected chi connectivity index (χ4v) is 2.88. The van der Waals surface area contributed by atoms with Crippen molar-refractivity contribution < 1.29 is 4.79 Å². The van der Waals surface area contributed by atoms with Crippen LogP contribution in [0.4, 0.5) is 0 Å². The summed E-state index contributed by atoms with van der Waals surface area (Å²) >= 11 is 0. The lowest BCUT2D eigenvalue weighted by atomic mass is 10.0. The van der Waals surface area contributed by atoms with E-state index in [1.807, 2.05) is 4.90 Å². The molecule has 0 saturated carbocycles. The van der Waals surface area contributed by atoms with E-state index in [9.17, 15) is 4.79 Å². The quantitative estimate of drug-likeness (QED) is 0.821. The van der Waals surface area contributed by atoms with Crippen molar-refractivity contribution >= 4 is 16.7 Å². The van der Waals surface area contributed by atoms with E-state index in [-0.39, 0.29) is 0 Å². The van der Waals surface area contributed by atoms with E-state index >= 15 is 0 Å². The number of hydrogen-bond donors (Lipinski definition) is 0. The minimum absolute atomic E-state index is 0.311. The van der Waals surface area contributed by atoms with E-state index in [2.05, 4.69) is 42.5 Å². The van der Waals surface area contributed by atoms with Crippen LogP contribution in [-0.2, 0) is 11.2 Å². The highest BCUT2D eigenvalue weighted by Gasteiger charge is 2.17. The zero-order valence-electron chi connectivity index (χ0n) is 11.1. The Morgan fingerprint density at radius 3 is 2.58 bits per heavy atom. The van der Waals surface area contributed by atoms with Crippen LogP contribution in [0.15, 0.2) is 42.5 Å². The Kier molecular flexibility index (Phi) is 3.49. The molecule has 1 saturated heterocycles. The molecule has 1 fully saturated rings. The number of fused-ring (bicyclic) bond motifs is 1. The van der Waals surface area contributed by atoms with Gasteiger partial charge in [-0.1, -0.05) is 42.5 Å². The molecule has 19 heavy (non-hydrogen) atoms. The van der Waals surface area contributed by atoms with Gasteiger partial charge in [0.1, 0.15) is 0 Å². The highest BCUT2D eigenvalue weighted by molar-refractivity contribution is 5.86. The number of carbonyl (C=O) groups is 1. The Balaban J connectivity index is 1.73. The molecule has 0 atom stereocenters. The number of carbonyl (C=O) groups excluding carboxylic acids is 1. The summed E-state index contributed by atoms with van der Waals surface area (Å²) in [5.74, 6) is 0.311. The molecule has 98 valence electrons. The second-order valence-corrected chi connectivity index (χ2v) is 5.23. The lowest BCUT2D eigenvalue weighted by molar-refractivity contribution is -0.130. The highest BCUT2D eigenvalue weighted by atomic mass is 16.2. The van der Waals surface area contributed by atoms with Crippen molar-refractivity contribution in [3.8, 4) is 0 Å². The van der Waals surface area contributed by atoms with Crippen LogP contribution in [0.1, 0.15) is 24.8 Å². The van der Waals surface area contributed by atoms with Gasteiger partial charge < -0.3 is 4.90 Å². The van der Waals surface area contributed by atoms with Gasteiger partial charge in [-0.3, -0.25) is 4.79 Å². The molecule has 0 unspecified atom stereocenters. The number of likely N-dealkylation sites (tertiary alicyclic amines) is 1. The van der Waals surface area contributed by atoms with Gasteiger partial charge in [0.2, 0.25) is 5.91 Å². The van der Waals surface area contributed by atoms with Crippen LogP contribution in [0.2, 0.25) is 0 Å². The molecule has 0 spiro atoms. The van der Waals surface area contributed by atoms with E-state index in [0.29, 0.717) is 12.3 Å². The molecule has 1 amide bonds. The van der Waals surface area contributed by atoms with E-state index in [1.165, 1.54) is 29.2 Å². The van der Waals surface area contributed by atoms with Crippen LogP contribution < -0.4 is 0 Å². The molecule has 0 aromatic heterocycles. The summed E-state index contributed by atoms with van der Waals surface area (Å²) in [4.78, 5) is 14.1. The first-order valence-electron chi connectivity index (χ1n) is 7.09. The third-order valence-corrected chi connectivity index (χ3v) is 3.95. The van der Waals surface area contributed by atoms with E-state index in [0.717, 1.165) is 19.5 Å². The van der Waals surface area contributed by atoms with Crippen molar-refractivity contribution in [1.29, 1.82) is 0 Å². The average molecular weight is 253 g/mol. The van der Waals surface area contributed by atoms with E-state index < -0.39 is 0 Å². The molecule has 0 bridgehead atoms. The third-order valence-electron chi connectivity index (χ3n) is 3.95. The second kappa shape index (κ2) is 5.43. The predicted molar refractivity (Wildman–Crippen MR) is 78.1 cm³/mol. The molecule has 1 aliphatic rings. The monoisotopic (exact) mass is 253 g/mol. The Hall–Kier alpha value is -1.83. The van der Waals surface area contributed by atoms with Gasteiger partial charge in [0.25, 0.3) is 0 Å². The molecule has 2 nitrogen and oxygen atoms in total. The van der Waals surface area contributed by atoms with Crippen LogP contribution in [0, 0.1) is 0 Å². The fraction of sp³-hybridized carbons (Fsp3) is 0.353. The number of amides is 1. The van der Waals surface area contributed by atoms with Crippen molar-refractivity contribution in [2.24, 2.45) is 0 Å². The first kappa shape index (κ1) is 12.2. The number of aryl methyl sites for hydroxylation is 1. The maximum absolute atomic E-state index is 12.1. The van der Waals surface area contributed by atoms with Gasteiger partial charge in [-0.05, 0) is 35.6 Å². The molecule has 0 radical (unpaired) electrons. The molecule has 2 aromatic carbocycles. The van der Waals surface area contributed by atoms with Crippen LogP contribution >= 0.6 is 0 Å². The Morgan fingerprint density at radius 2 is 1.74 bits per heavy atom. The molecular weight excluding hydrogens is 234 g/mol. The zero-order valence-corrected chi connectivity index (χ0v) is 11.1. The summed E-state index contributed by atoms with van der Waals surface area (Å²) in [7, 11) is 0. The zero-order chi connectivity index (χ0) is 13.1. The number of rotatable bonds is 3. The normalized spacial score (nSPS) is 15.1. The Bertz CT molecular complexity index is 579. The maximum atomic E-state index is 12.1. The van der Waals surface area contributed by atoms with Crippen LogP contribution in [0.25, 0.3) is 10.8 Å². The van der Waals surface area contributed by atoms with Crippen molar-refractivity contribution in [2.45, 2.75) is 25.7 Å². The van der Waals surface area contributed by atoms with Gasteiger partial charge >= 0.3 is 0 Å². The summed E-state index contributed by atoms with van der Waals surface area (Å²) in [6.07, 6.45) is 3.81. The number of nitrogens with zero attached hydrogens (tertiary/aromatic N) is 1. The van der Waals surface area contributed by atoms with Gasteiger partial charge in [0, 0.05) is 19.5 Å². The van der Waals surface area contributed by atoms with Gasteiger partial charge in [-0.15, -0.1) is 0 Å². The lowest BCUT2D eigenvalue weighted by Crippen LogP contribution is -2.27. The number of hydrogen-bond acceptors (Lipinski definition) is 1. The van der Waals surface area contributed by atoms with Crippen LogP contribution in [-0.4, -0.2) is 23.9 Å². The molecular formula is C17H19NO. The first-order valence-corrected chi connectivity index (χ1v) is 7.09. The smallest absolute Gasteiger partial charge is 0.222 e. The fourth-order valence-electron chi connectivity index (χ4n) is 2.88. The van der Waals surface area contributed by atoms with Crippen molar-refractivity contribution in [2.75, 3.05) is 13.1 Å². The van der Waals surface area contributed by atoms with Gasteiger partial charge in [-0.2, -0.15) is 0 Å². The molecule has 1 aliphatic heterocycles. The van der Waals surface area contributed by atoms with Crippen LogP contribution in [0.3, 0.4) is 0 Å². The largest absolute Gasteiger partial charge is 0.343 e. The molecule has 2 heteroatoms. The van der Waals surface area contributed by atoms with Crippen molar-refractivity contribution in [1.82, 2.24) is 4.90 Å². The summed E-state index contributed by atoms with van der Waals surface area (Å²) in [5.41, 5.74) is 1.28. The summed E-state index contributed by atoms with van der Waals surface area (Å²) in [5, 5.41) is 2.54. The van der Waals surface area contributed by atoms with E-state index in [4.69, 9.17) is 0 Å². The first-order chi connectivity index (χ1) is 9.34. The van der Waals surface area contributed by atoms with Gasteiger partial charge in [0.05, 0.1) is 0 Å². The van der Waals surface area contributed by atoms with E-state index in [1.54, 1.807) is 0 Å². The predicted octanol–water partition coefficient (Wildman–Crippen LogP) is 3.39. The maximum Gasteiger partial charge on any atom is 0.222 e. The average Bonchev–Trinajstić information content (AvgIpc) is 2.99. The summed E-state index contributed by atoms with van der Waals surface area (Å²) in [6.45, 7) is 1.91. The standard InChI is InChI=1S/C17H19NO/c19-17(18-12-3-4-13-18)11-10-15-8-5-7-14-6-1-2-9-16(14)15/h1-2,5-9H,3-4,10-13H2. The van der Waals surface area contributed by atoms with Crippen molar-refractivity contribution in [3.63, 3.8) is 0 Å². The molecule has 0 aliphatic carbocycles. The van der Waals surface area contributed by atoms with Crippen LogP contribution in [0.5, 0.6) is 0 Å². The van der Waals surface area contributed by atoms with Gasteiger partial charge in [0.15, 0.2) is 0 Å². The highest BCUT2D eigenvalue weighted by Crippen LogP contribution is 2.20. The SMILES string of the molecule is O=C(CCc1cccc2ccccc12)N1CCCC1.